The van der Waals surface area contributed by atoms with Crippen LogP contribution in [-0.2, 0) is 9.53 Å². The van der Waals surface area contributed by atoms with E-state index in [1.54, 1.807) is 12.1 Å². The average molecular weight is 374 g/mol. The van der Waals surface area contributed by atoms with Gasteiger partial charge in [-0.25, -0.2) is 4.39 Å². The summed E-state index contributed by atoms with van der Waals surface area (Å²) in [6, 6.07) is 9.03. The fraction of sp³-hybridized carbons (Fsp3) is 0.263. The number of carbonyl (C=O) groups excluding carboxylic acids is 1. The Hall–Kier alpha value is -3.29. The third-order valence-electron chi connectivity index (χ3n) is 4.03. The fourth-order valence-corrected chi connectivity index (χ4v) is 2.74. The molecule has 1 amide bonds. The van der Waals surface area contributed by atoms with Crippen LogP contribution in [0.15, 0.2) is 41.5 Å². The van der Waals surface area contributed by atoms with Crippen LogP contribution in [0.3, 0.4) is 0 Å². The van der Waals surface area contributed by atoms with Gasteiger partial charge in [-0.05, 0) is 36.4 Å². The van der Waals surface area contributed by atoms with Crippen LogP contribution in [0.2, 0.25) is 0 Å². The maximum absolute atomic E-state index is 13.2. The number of amides is 1. The van der Waals surface area contributed by atoms with Crippen molar-refractivity contribution in [2.24, 2.45) is 5.10 Å². The third kappa shape index (κ3) is 3.51. The zero-order valence-electron chi connectivity index (χ0n) is 15.4. The Labute approximate surface area is 155 Å². The highest BCUT2D eigenvalue weighted by molar-refractivity contribution is 5.96. The number of hydrogen-bond acceptors (Lipinski definition) is 6. The summed E-state index contributed by atoms with van der Waals surface area (Å²) in [5.41, 5.74) is 1.14. The average Bonchev–Trinajstić information content (AvgIpc) is 3.13. The Balaban J connectivity index is 2.01. The van der Waals surface area contributed by atoms with Crippen LogP contribution < -0.4 is 14.2 Å². The highest BCUT2D eigenvalue weighted by atomic mass is 19.1. The van der Waals surface area contributed by atoms with Gasteiger partial charge in [-0.15, -0.1) is 5.10 Å². The Morgan fingerprint density at radius 3 is 2.15 bits per heavy atom. The summed E-state index contributed by atoms with van der Waals surface area (Å²) in [7, 11) is 4.50. The second-order valence-corrected chi connectivity index (χ2v) is 5.70. The van der Waals surface area contributed by atoms with E-state index in [4.69, 9.17) is 18.9 Å². The van der Waals surface area contributed by atoms with E-state index in [0.717, 1.165) is 0 Å². The maximum Gasteiger partial charge on any atom is 0.243 e. The highest BCUT2D eigenvalue weighted by Crippen LogP contribution is 2.42. The molecule has 8 heteroatoms. The zero-order chi connectivity index (χ0) is 19.6. The molecule has 1 aliphatic rings. The van der Waals surface area contributed by atoms with Gasteiger partial charge in [0.2, 0.25) is 23.8 Å². The zero-order valence-corrected chi connectivity index (χ0v) is 15.4. The topological polar surface area (TPSA) is 69.6 Å². The second kappa shape index (κ2) is 7.53. The standard InChI is InChI=1S/C19H19FN2O5/c1-11(23)22-19(27-18(21-22)12-5-7-14(20)8-6-12)13-9-15(24-2)17(26-4)16(10-13)25-3/h5-10,19H,1-4H3/t19-/m0/s1. The Morgan fingerprint density at radius 2 is 1.67 bits per heavy atom. The van der Waals surface area contributed by atoms with E-state index in [1.165, 1.54) is 57.5 Å². The van der Waals surface area contributed by atoms with E-state index < -0.39 is 6.23 Å². The van der Waals surface area contributed by atoms with Crippen molar-refractivity contribution in [1.82, 2.24) is 5.01 Å². The lowest BCUT2D eigenvalue weighted by molar-refractivity contribution is -0.135. The van der Waals surface area contributed by atoms with E-state index >= 15 is 0 Å². The van der Waals surface area contributed by atoms with Gasteiger partial charge in [-0.1, -0.05) is 0 Å². The van der Waals surface area contributed by atoms with Gasteiger partial charge in [-0.2, -0.15) is 5.01 Å². The molecule has 3 rings (SSSR count). The van der Waals surface area contributed by atoms with E-state index in [0.29, 0.717) is 28.4 Å². The molecular weight excluding hydrogens is 355 g/mol. The summed E-state index contributed by atoms with van der Waals surface area (Å²) in [4.78, 5) is 12.1. The monoisotopic (exact) mass is 374 g/mol. The number of ether oxygens (including phenoxy) is 4. The van der Waals surface area contributed by atoms with Crippen molar-refractivity contribution in [3.63, 3.8) is 0 Å². The maximum atomic E-state index is 13.2. The van der Waals surface area contributed by atoms with Gasteiger partial charge >= 0.3 is 0 Å². The lowest BCUT2D eigenvalue weighted by Gasteiger charge is -2.21. The van der Waals surface area contributed by atoms with Gasteiger partial charge in [-0.3, -0.25) is 4.79 Å². The smallest absolute Gasteiger partial charge is 0.243 e. The number of hydrogen-bond donors (Lipinski definition) is 0. The lowest BCUT2D eigenvalue weighted by Crippen LogP contribution is -2.25. The number of methoxy groups -OCH3 is 3. The fourth-order valence-electron chi connectivity index (χ4n) is 2.74. The molecule has 0 unspecified atom stereocenters. The first-order valence-corrected chi connectivity index (χ1v) is 8.09. The molecule has 0 aromatic heterocycles. The third-order valence-corrected chi connectivity index (χ3v) is 4.03. The summed E-state index contributed by atoms with van der Waals surface area (Å²) in [6.45, 7) is 1.38. The van der Waals surface area contributed by atoms with Crippen molar-refractivity contribution in [1.29, 1.82) is 0 Å². The molecule has 2 aromatic rings. The van der Waals surface area contributed by atoms with Gasteiger partial charge in [0, 0.05) is 18.1 Å². The molecule has 0 saturated heterocycles. The summed E-state index contributed by atoms with van der Waals surface area (Å²) < 4.78 is 35.1. The molecule has 0 spiro atoms. The first kappa shape index (κ1) is 18.5. The Bertz CT molecular complexity index is 857. The summed E-state index contributed by atoms with van der Waals surface area (Å²) in [5.74, 6) is 0.802. The Morgan fingerprint density at radius 1 is 1.07 bits per heavy atom. The van der Waals surface area contributed by atoms with Gasteiger partial charge in [0.05, 0.1) is 21.3 Å². The predicted octanol–water partition coefficient (Wildman–Crippen LogP) is 3.09. The number of halogens is 1. The second-order valence-electron chi connectivity index (χ2n) is 5.70. The summed E-state index contributed by atoms with van der Waals surface area (Å²) in [6.07, 6.45) is -0.823. The van der Waals surface area contributed by atoms with Crippen molar-refractivity contribution < 1.29 is 28.1 Å². The number of nitrogens with zero attached hydrogens (tertiary/aromatic N) is 2. The van der Waals surface area contributed by atoms with Crippen molar-refractivity contribution >= 4 is 11.8 Å². The molecule has 0 saturated carbocycles. The van der Waals surface area contributed by atoms with E-state index in [-0.39, 0.29) is 17.6 Å². The van der Waals surface area contributed by atoms with Crippen molar-refractivity contribution in [3.05, 3.63) is 53.3 Å². The van der Waals surface area contributed by atoms with Crippen LogP contribution >= 0.6 is 0 Å². The summed E-state index contributed by atoms with van der Waals surface area (Å²) >= 11 is 0. The minimum absolute atomic E-state index is 0.212. The number of benzene rings is 2. The number of hydrazone groups is 1. The van der Waals surface area contributed by atoms with Crippen molar-refractivity contribution in [2.45, 2.75) is 13.2 Å². The molecule has 0 aliphatic carbocycles. The minimum Gasteiger partial charge on any atom is -0.493 e. The van der Waals surface area contributed by atoms with Gasteiger partial charge in [0.15, 0.2) is 11.5 Å². The number of rotatable bonds is 5. The quantitative estimate of drug-likeness (QED) is 0.804. The van der Waals surface area contributed by atoms with Crippen LogP contribution in [0.4, 0.5) is 4.39 Å². The Kier molecular flexibility index (Phi) is 5.16. The molecule has 0 bridgehead atoms. The molecule has 1 heterocycles. The SMILES string of the molecule is COc1cc([C@@H]2OC(c3ccc(F)cc3)=NN2C(C)=O)cc(OC)c1OC. The van der Waals surface area contributed by atoms with Gasteiger partial charge in [0.25, 0.3) is 0 Å². The normalized spacial score (nSPS) is 15.8. The molecule has 1 aliphatic heterocycles. The van der Waals surface area contributed by atoms with Gasteiger partial charge in [0.1, 0.15) is 5.82 Å². The number of carbonyl (C=O) groups is 1. The van der Waals surface area contributed by atoms with Crippen molar-refractivity contribution in [3.8, 4) is 17.2 Å². The largest absolute Gasteiger partial charge is 0.493 e. The molecular formula is C19H19FN2O5. The molecule has 0 fully saturated rings. The summed E-state index contributed by atoms with van der Waals surface area (Å²) in [5, 5.41) is 5.45. The minimum atomic E-state index is -0.823. The van der Waals surface area contributed by atoms with Crippen LogP contribution in [0.1, 0.15) is 24.3 Å². The molecule has 7 nitrogen and oxygen atoms in total. The van der Waals surface area contributed by atoms with Crippen LogP contribution in [0, 0.1) is 5.82 Å². The van der Waals surface area contributed by atoms with E-state index in [9.17, 15) is 9.18 Å². The molecule has 2 aromatic carbocycles. The molecule has 27 heavy (non-hydrogen) atoms. The lowest BCUT2D eigenvalue weighted by atomic mass is 10.1. The van der Waals surface area contributed by atoms with E-state index in [2.05, 4.69) is 5.10 Å². The first-order valence-electron chi connectivity index (χ1n) is 8.09. The molecule has 142 valence electrons. The predicted molar refractivity (Wildman–Crippen MR) is 95.4 cm³/mol. The molecule has 0 N–H and O–H groups in total. The molecule has 1 atom stereocenters. The van der Waals surface area contributed by atoms with Gasteiger partial charge < -0.3 is 18.9 Å². The van der Waals surface area contributed by atoms with Crippen LogP contribution in [-0.4, -0.2) is 38.1 Å². The highest BCUT2D eigenvalue weighted by Gasteiger charge is 2.34. The van der Waals surface area contributed by atoms with Crippen molar-refractivity contribution in [2.75, 3.05) is 21.3 Å². The van der Waals surface area contributed by atoms with Crippen LogP contribution in [0.25, 0.3) is 0 Å². The van der Waals surface area contributed by atoms with E-state index in [1.807, 2.05) is 0 Å². The first-order chi connectivity index (χ1) is 13.0. The van der Waals surface area contributed by atoms with Crippen LogP contribution in [0.5, 0.6) is 17.2 Å². The molecule has 0 radical (unpaired) electrons.